The number of aryl methyl sites for hydroxylation is 1. The van der Waals surface area contributed by atoms with Crippen molar-refractivity contribution in [2.24, 2.45) is 0 Å². The van der Waals surface area contributed by atoms with Gasteiger partial charge in [-0.1, -0.05) is 0 Å². The minimum atomic E-state index is 0.616. The fraction of sp³-hybridized carbons (Fsp3) is 0.600. The fourth-order valence-electron chi connectivity index (χ4n) is 1.48. The van der Waals surface area contributed by atoms with Gasteiger partial charge in [-0.25, -0.2) is 0 Å². The molecule has 2 nitrogen and oxygen atoms in total. The highest BCUT2D eigenvalue weighted by Gasteiger charge is 2.16. The van der Waals surface area contributed by atoms with Crippen LogP contribution in [0.4, 0.5) is 0 Å². The third kappa shape index (κ3) is 2.29. The maximum absolute atomic E-state index is 5.42. The van der Waals surface area contributed by atoms with E-state index >= 15 is 0 Å². The molecule has 1 atom stereocenters. The third-order valence-corrected chi connectivity index (χ3v) is 3.61. The van der Waals surface area contributed by atoms with Crippen LogP contribution in [0.15, 0.2) is 21.6 Å². The maximum Gasteiger partial charge on any atom is 0.114 e. The molecule has 1 aromatic heterocycles. The van der Waals surface area contributed by atoms with E-state index in [1.54, 1.807) is 6.26 Å². The summed E-state index contributed by atoms with van der Waals surface area (Å²) in [5.41, 5.74) is 0. The lowest BCUT2D eigenvalue weighted by molar-refractivity contribution is 0.101. The van der Waals surface area contributed by atoms with E-state index in [-0.39, 0.29) is 0 Å². The van der Waals surface area contributed by atoms with E-state index in [0.29, 0.717) is 5.25 Å². The van der Waals surface area contributed by atoms with Crippen LogP contribution in [0.1, 0.15) is 18.6 Å². The Hall–Kier alpha value is -0.410. The summed E-state index contributed by atoms with van der Waals surface area (Å²) in [6, 6.07) is 2.04. The maximum atomic E-state index is 5.42. The van der Waals surface area contributed by atoms with Crippen LogP contribution in [-0.4, -0.2) is 18.5 Å². The molecule has 0 bridgehead atoms. The zero-order valence-electron chi connectivity index (χ0n) is 7.79. The van der Waals surface area contributed by atoms with Crippen molar-refractivity contribution in [1.82, 2.24) is 0 Å². The summed E-state index contributed by atoms with van der Waals surface area (Å²) in [6.07, 6.45) is 4.20. The Kier molecular flexibility index (Phi) is 2.96. The van der Waals surface area contributed by atoms with E-state index in [4.69, 9.17) is 9.15 Å². The Morgan fingerprint density at radius 1 is 1.54 bits per heavy atom. The molecular formula is C10H14O2S. The first-order valence-corrected chi connectivity index (χ1v) is 5.53. The van der Waals surface area contributed by atoms with Crippen LogP contribution in [0.5, 0.6) is 0 Å². The first kappa shape index (κ1) is 9.16. The lowest BCUT2D eigenvalue weighted by atomic mass is 10.2. The standard InChI is InChI=1S/C10H14O2S/c1-8-10(4-6-12-8)13-9-3-2-5-11-7-9/h4,6,9H,2-3,5,7H2,1H3. The molecule has 2 heterocycles. The Balaban J connectivity index is 1.93. The van der Waals surface area contributed by atoms with Gasteiger partial charge in [0.2, 0.25) is 0 Å². The number of thioether (sulfide) groups is 1. The molecule has 0 N–H and O–H groups in total. The highest BCUT2D eigenvalue weighted by Crippen LogP contribution is 2.31. The second kappa shape index (κ2) is 4.20. The molecule has 13 heavy (non-hydrogen) atoms. The zero-order chi connectivity index (χ0) is 9.10. The van der Waals surface area contributed by atoms with Crippen molar-refractivity contribution < 1.29 is 9.15 Å². The molecule has 3 heteroatoms. The Bertz CT molecular complexity index is 264. The summed E-state index contributed by atoms with van der Waals surface area (Å²) in [5.74, 6) is 1.02. The van der Waals surface area contributed by atoms with Gasteiger partial charge in [0.15, 0.2) is 0 Å². The summed E-state index contributed by atoms with van der Waals surface area (Å²) < 4.78 is 10.7. The molecular weight excluding hydrogens is 184 g/mol. The molecule has 1 fully saturated rings. The van der Waals surface area contributed by atoms with Gasteiger partial charge >= 0.3 is 0 Å². The van der Waals surface area contributed by atoms with E-state index in [2.05, 4.69) is 0 Å². The Morgan fingerprint density at radius 3 is 3.08 bits per heavy atom. The van der Waals surface area contributed by atoms with Gasteiger partial charge in [0.25, 0.3) is 0 Å². The zero-order valence-corrected chi connectivity index (χ0v) is 8.60. The Labute approximate surface area is 82.6 Å². The van der Waals surface area contributed by atoms with E-state index in [9.17, 15) is 0 Å². The van der Waals surface area contributed by atoms with E-state index in [1.165, 1.54) is 17.7 Å². The summed E-state index contributed by atoms with van der Waals surface area (Å²) >= 11 is 1.88. The molecule has 1 aromatic rings. The average molecular weight is 198 g/mol. The van der Waals surface area contributed by atoms with Crippen molar-refractivity contribution in [3.05, 3.63) is 18.1 Å². The van der Waals surface area contributed by atoms with Crippen LogP contribution in [0.3, 0.4) is 0 Å². The number of hydrogen-bond donors (Lipinski definition) is 0. The predicted octanol–water partition coefficient (Wildman–Crippen LogP) is 2.86. The van der Waals surface area contributed by atoms with Crippen LogP contribution < -0.4 is 0 Å². The van der Waals surface area contributed by atoms with Crippen molar-refractivity contribution in [2.75, 3.05) is 13.2 Å². The predicted molar refractivity (Wildman–Crippen MR) is 53.1 cm³/mol. The van der Waals surface area contributed by atoms with Gasteiger partial charge in [-0.2, -0.15) is 0 Å². The number of hydrogen-bond acceptors (Lipinski definition) is 3. The molecule has 0 amide bonds. The van der Waals surface area contributed by atoms with Crippen molar-refractivity contribution in [2.45, 2.75) is 29.9 Å². The van der Waals surface area contributed by atoms with Crippen molar-refractivity contribution in [3.63, 3.8) is 0 Å². The number of furan rings is 1. The molecule has 0 spiro atoms. The van der Waals surface area contributed by atoms with Crippen molar-refractivity contribution in [3.8, 4) is 0 Å². The van der Waals surface area contributed by atoms with Crippen LogP contribution in [0, 0.1) is 6.92 Å². The van der Waals surface area contributed by atoms with Crippen molar-refractivity contribution in [1.29, 1.82) is 0 Å². The smallest absolute Gasteiger partial charge is 0.114 e. The molecule has 0 radical (unpaired) electrons. The molecule has 1 aliphatic heterocycles. The highest BCUT2D eigenvalue weighted by atomic mass is 32.2. The van der Waals surface area contributed by atoms with Crippen LogP contribution in [0.25, 0.3) is 0 Å². The fourth-order valence-corrected chi connectivity index (χ4v) is 2.64. The van der Waals surface area contributed by atoms with Crippen LogP contribution in [-0.2, 0) is 4.74 Å². The second-order valence-corrected chi connectivity index (χ2v) is 4.64. The molecule has 1 saturated heterocycles. The normalized spacial score (nSPS) is 23.3. The lowest BCUT2D eigenvalue weighted by Crippen LogP contribution is -2.19. The van der Waals surface area contributed by atoms with Gasteiger partial charge in [-0.15, -0.1) is 11.8 Å². The highest BCUT2D eigenvalue weighted by molar-refractivity contribution is 8.00. The number of ether oxygens (including phenoxy) is 1. The van der Waals surface area contributed by atoms with E-state index in [1.807, 2.05) is 24.8 Å². The van der Waals surface area contributed by atoms with E-state index in [0.717, 1.165) is 19.0 Å². The quantitative estimate of drug-likeness (QED) is 0.729. The minimum absolute atomic E-state index is 0.616. The first-order chi connectivity index (χ1) is 6.36. The van der Waals surface area contributed by atoms with E-state index < -0.39 is 0 Å². The summed E-state index contributed by atoms with van der Waals surface area (Å²) in [7, 11) is 0. The van der Waals surface area contributed by atoms with Gasteiger partial charge in [0.1, 0.15) is 5.76 Å². The van der Waals surface area contributed by atoms with Gasteiger partial charge in [0, 0.05) is 16.8 Å². The monoisotopic (exact) mass is 198 g/mol. The third-order valence-electron chi connectivity index (χ3n) is 2.22. The second-order valence-electron chi connectivity index (χ2n) is 3.30. The average Bonchev–Trinajstić information content (AvgIpc) is 2.54. The summed E-state index contributed by atoms with van der Waals surface area (Å²) in [4.78, 5) is 1.26. The molecule has 1 unspecified atom stereocenters. The molecule has 0 aromatic carbocycles. The summed E-state index contributed by atoms with van der Waals surface area (Å²) in [5, 5.41) is 0.616. The Morgan fingerprint density at radius 2 is 2.46 bits per heavy atom. The molecule has 0 saturated carbocycles. The van der Waals surface area contributed by atoms with Crippen LogP contribution in [0.2, 0.25) is 0 Å². The van der Waals surface area contributed by atoms with Gasteiger partial charge < -0.3 is 9.15 Å². The topological polar surface area (TPSA) is 22.4 Å². The van der Waals surface area contributed by atoms with Gasteiger partial charge in [0.05, 0.1) is 12.9 Å². The minimum Gasteiger partial charge on any atom is -0.468 e. The first-order valence-electron chi connectivity index (χ1n) is 4.65. The molecule has 2 rings (SSSR count). The molecule has 1 aliphatic rings. The van der Waals surface area contributed by atoms with Gasteiger partial charge in [-0.05, 0) is 25.8 Å². The number of rotatable bonds is 2. The summed E-state index contributed by atoms with van der Waals surface area (Å²) in [6.45, 7) is 3.82. The molecule has 72 valence electrons. The lowest BCUT2D eigenvalue weighted by Gasteiger charge is -2.20. The largest absolute Gasteiger partial charge is 0.468 e. The van der Waals surface area contributed by atoms with Crippen LogP contribution >= 0.6 is 11.8 Å². The van der Waals surface area contributed by atoms with Crippen molar-refractivity contribution >= 4 is 11.8 Å². The molecule has 0 aliphatic carbocycles. The van der Waals surface area contributed by atoms with Gasteiger partial charge in [-0.3, -0.25) is 0 Å². The SMILES string of the molecule is Cc1occc1SC1CCCOC1.